The van der Waals surface area contributed by atoms with Gasteiger partial charge in [0.05, 0.1) is 16.7 Å². The number of rotatable bonds is 3. The minimum atomic E-state index is -1.09. The molecule has 0 bridgehead atoms. The summed E-state index contributed by atoms with van der Waals surface area (Å²) in [5.41, 5.74) is 0.765. The fourth-order valence-electron chi connectivity index (χ4n) is 1.13. The van der Waals surface area contributed by atoms with Gasteiger partial charge in [-0.3, -0.25) is 0 Å². The maximum atomic E-state index is 11.7. The highest BCUT2D eigenvalue weighted by Gasteiger charge is 2.14. The van der Waals surface area contributed by atoms with Crippen molar-refractivity contribution in [1.82, 2.24) is 4.72 Å². The Morgan fingerprint density at radius 3 is 2.47 bits per heavy atom. The third-order valence-electron chi connectivity index (χ3n) is 1.66. The molecule has 0 spiro atoms. The number of hydrogen-bond donors (Lipinski definition) is 1. The van der Waals surface area contributed by atoms with Crippen LogP contribution in [0.2, 0.25) is 5.02 Å². The molecule has 0 amide bonds. The summed E-state index contributed by atoms with van der Waals surface area (Å²) in [6.45, 7) is 5.95. The summed E-state index contributed by atoms with van der Waals surface area (Å²) in [5, 5.41) is 0.668. The Labute approximate surface area is 98.6 Å². The monoisotopic (exact) mass is 245 g/mol. The van der Waals surface area contributed by atoms with Crippen molar-refractivity contribution in [2.24, 2.45) is 0 Å². The van der Waals surface area contributed by atoms with Gasteiger partial charge >= 0.3 is 0 Å². The molecule has 0 radical (unpaired) electrons. The lowest BCUT2D eigenvalue weighted by molar-refractivity contribution is 0.519. The molecule has 1 atom stereocenters. The van der Waals surface area contributed by atoms with Crippen molar-refractivity contribution in [2.45, 2.75) is 32.1 Å². The Morgan fingerprint density at radius 2 is 1.93 bits per heavy atom. The van der Waals surface area contributed by atoms with Crippen LogP contribution in [-0.2, 0) is 16.7 Å². The molecule has 0 aliphatic heterocycles. The van der Waals surface area contributed by atoms with Gasteiger partial charge in [0.25, 0.3) is 0 Å². The number of halogens is 1. The van der Waals surface area contributed by atoms with E-state index in [0.29, 0.717) is 10.8 Å². The van der Waals surface area contributed by atoms with Crippen LogP contribution < -0.4 is 4.72 Å². The minimum Gasteiger partial charge on any atom is -0.243 e. The fourth-order valence-corrected chi connectivity index (χ4v) is 2.71. The topological polar surface area (TPSA) is 29.1 Å². The van der Waals surface area contributed by atoms with Crippen molar-refractivity contribution in [1.29, 1.82) is 0 Å². The van der Waals surface area contributed by atoms with Crippen LogP contribution in [-0.4, -0.2) is 9.75 Å². The summed E-state index contributed by atoms with van der Waals surface area (Å²) in [7, 11) is -1.09. The average Bonchev–Trinajstić information content (AvgIpc) is 2.05. The van der Waals surface area contributed by atoms with Crippen LogP contribution in [0.3, 0.4) is 0 Å². The van der Waals surface area contributed by atoms with Gasteiger partial charge in [0.1, 0.15) is 0 Å². The number of hydrogen-bond acceptors (Lipinski definition) is 1. The van der Waals surface area contributed by atoms with Crippen molar-refractivity contribution in [3.8, 4) is 0 Å². The van der Waals surface area contributed by atoms with Gasteiger partial charge in [-0.25, -0.2) is 8.93 Å². The van der Waals surface area contributed by atoms with Crippen molar-refractivity contribution in [3.05, 3.63) is 34.9 Å². The molecule has 4 heteroatoms. The summed E-state index contributed by atoms with van der Waals surface area (Å²) >= 11 is 5.98. The predicted molar refractivity (Wildman–Crippen MR) is 66.2 cm³/mol. The largest absolute Gasteiger partial charge is 0.243 e. The van der Waals surface area contributed by atoms with E-state index in [4.69, 9.17) is 11.6 Å². The van der Waals surface area contributed by atoms with Crippen LogP contribution in [0, 0.1) is 0 Å². The van der Waals surface area contributed by atoms with Crippen molar-refractivity contribution in [2.75, 3.05) is 0 Å². The van der Waals surface area contributed by atoms with E-state index in [1.54, 1.807) is 0 Å². The van der Waals surface area contributed by atoms with Crippen LogP contribution >= 0.6 is 11.6 Å². The van der Waals surface area contributed by atoms with Gasteiger partial charge in [0, 0.05) is 10.6 Å². The Hall–Kier alpha value is -0.380. The maximum absolute atomic E-state index is 11.7. The zero-order chi connectivity index (χ0) is 11.5. The SMILES string of the molecule is CC(C)(C)NS(=O)Cc1ccccc1Cl. The van der Waals surface area contributed by atoms with Crippen LogP contribution in [0.25, 0.3) is 0 Å². The molecule has 1 aromatic carbocycles. The molecule has 2 nitrogen and oxygen atoms in total. The normalized spacial score (nSPS) is 13.9. The molecule has 0 aromatic heterocycles. The Balaban J connectivity index is 2.64. The van der Waals surface area contributed by atoms with Gasteiger partial charge in [0.15, 0.2) is 0 Å². The third-order valence-corrected chi connectivity index (χ3v) is 3.45. The predicted octanol–water partition coefficient (Wildman–Crippen LogP) is 2.89. The van der Waals surface area contributed by atoms with Crippen LogP contribution in [0.5, 0.6) is 0 Å². The van der Waals surface area contributed by atoms with E-state index in [-0.39, 0.29) is 5.54 Å². The molecular weight excluding hydrogens is 230 g/mol. The molecule has 0 saturated heterocycles. The lowest BCUT2D eigenvalue weighted by Crippen LogP contribution is -2.37. The van der Waals surface area contributed by atoms with Crippen LogP contribution in [0.1, 0.15) is 26.3 Å². The highest BCUT2D eigenvalue weighted by atomic mass is 35.5. The molecule has 1 N–H and O–H groups in total. The smallest absolute Gasteiger partial charge is 0.0965 e. The van der Waals surface area contributed by atoms with E-state index < -0.39 is 11.0 Å². The highest BCUT2D eigenvalue weighted by molar-refractivity contribution is 7.82. The molecular formula is C11H16ClNOS. The molecule has 0 fully saturated rings. The first-order valence-electron chi connectivity index (χ1n) is 4.78. The molecule has 1 unspecified atom stereocenters. The van der Waals surface area contributed by atoms with Gasteiger partial charge in [-0.15, -0.1) is 0 Å². The summed E-state index contributed by atoms with van der Waals surface area (Å²) in [4.78, 5) is 0. The summed E-state index contributed by atoms with van der Waals surface area (Å²) in [6, 6.07) is 7.47. The van der Waals surface area contributed by atoms with Crippen molar-refractivity contribution < 1.29 is 4.21 Å². The molecule has 84 valence electrons. The zero-order valence-corrected chi connectivity index (χ0v) is 10.8. The summed E-state index contributed by atoms with van der Waals surface area (Å²) < 4.78 is 14.7. The van der Waals surface area contributed by atoms with E-state index in [9.17, 15) is 4.21 Å². The first kappa shape index (κ1) is 12.7. The van der Waals surface area contributed by atoms with Gasteiger partial charge < -0.3 is 0 Å². The van der Waals surface area contributed by atoms with E-state index in [1.165, 1.54) is 0 Å². The second-order valence-corrected chi connectivity index (χ2v) is 6.02. The first-order chi connectivity index (χ1) is 6.88. The molecule has 0 aliphatic carbocycles. The quantitative estimate of drug-likeness (QED) is 0.872. The second-order valence-electron chi connectivity index (χ2n) is 4.43. The molecule has 0 aliphatic rings. The lowest BCUT2D eigenvalue weighted by Gasteiger charge is -2.19. The average molecular weight is 246 g/mol. The fraction of sp³-hybridized carbons (Fsp3) is 0.455. The van der Waals surface area contributed by atoms with E-state index in [0.717, 1.165) is 5.56 Å². The Morgan fingerprint density at radius 1 is 1.33 bits per heavy atom. The molecule has 1 rings (SSSR count). The zero-order valence-electron chi connectivity index (χ0n) is 9.21. The molecule has 0 heterocycles. The summed E-state index contributed by atoms with van der Waals surface area (Å²) in [6.07, 6.45) is 0. The van der Waals surface area contributed by atoms with Gasteiger partial charge in [-0.05, 0) is 32.4 Å². The molecule has 1 aromatic rings. The van der Waals surface area contributed by atoms with Gasteiger partial charge in [0.2, 0.25) is 0 Å². The first-order valence-corrected chi connectivity index (χ1v) is 6.48. The van der Waals surface area contributed by atoms with E-state index in [2.05, 4.69) is 4.72 Å². The van der Waals surface area contributed by atoms with E-state index >= 15 is 0 Å². The Bertz CT molecular complexity index is 360. The summed E-state index contributed by atoms with van der Waals surface area (Å²) in [5.74, 6) is 0.441. The van der Waals surface area contributed by atoms with Crippen LogP contribution in [0.4, 0.5) is 0 Å². The third kappa shape index (κ3) is 4.78. The Kier molecular flexibility index (Phi) is 4.32. The van der Waals surface area contributed by atoms with Gasteiger partial charge in [-0.2, -0.15) is 0 Å². The maximum Gasteiger partial charge on any atom is 0.0965 e. The van der Waals surface area contributed by atoms with Crippen molar-refractivity contribution >= 4 is 22.6 Å². The second kappa shape index (κ2) is 5.10. The molecule has 0 saturated carbocycles. The number of nitrogens with one attached hydrogen (secondary N) is 1. The lowest BCUT2D eigenvalue weighted by atomic mass is 10.1. The number of benzene rings is 1. The van der Waals surface area contributed by atoms with Gasteiger partial charge in [-0.1, -0.05) is 29.8 Å². The highest BCUT2D eigenvalue weighted by Crippen LogP contribution is 2.16. The van der Waals surface area contributed by atoms with Crippen LogP contribution in [0.15, 0.2) is 24.3 Å². The molecule has 15 heavy (non-hydrogen) atoms. The van der Waals surface area contributed by atoms with Crippen molar-refractivity contribution in [3.63, 3.8) is 0 Å². The minimum absolute atomic E-state index is 0.147. The van der Waals surface area contributed by atoms with E-state index in [1.807, 2.05) is 45.0 Å². The standard InChI is InChI=1S/C11H16ClNOS/c1-11(2,3)13-15(14)8-9-6-4-5-7-10(9)12/h4-7,13H,8H2,1-3H3.